The second kappa shape index (κ2) is 8.65. The summed E-state index contributed by atoms with van der Waals surface area (Å²) in [6.45, 7) is 0.337. The van der Waals surface area contributed by atoms with Crippen LogP contribution in [-0.2, 0) is 0 Å². The van der Waals surface area contributed by atoms with Gasteiger partial charge in [0, 0.05) is 43.1 Å². The minimum Gasteiger partial charge on any atom is -0.434 e. The Hall–Kier alpha value is -3.44. The van der Waals surface area contributed by atoms with Crippen molar-refractivity contribution in [3.8, 4) is 17.6 Å². The van der Waals surface area contributed by atoms with Crippen molar-refractivity contribution >= 4 is 16.9 Å². The number of fused-ring (bicyclic) bond motifs is 9. The highest BCUT2D eigenvalue weighted by Crippen LogP contribution is 2.49. The van der Waals surface area contributed by atoms with Gasteiger partial charge in [-0.2, -0.15) is 8.78 Å². The third-order valence-electron chi connectivity index (χ3n) is 7.39. The zero-order valence-corrected chi connectivity index (χ0v) is 19.5. The highest BCUT2D eigenvalue weighted by molar-refractivity contribution is 5.97. The second-order valence-electron chi connectivity index (χ2n) is 9.42. The number of benzene rings is 2. The summed E-state index contributed by atoms with van der Waals surface area (Å²) in [6, 6.07) is 10.1. The maximum atomic E-state index is 13.2. The van der Waals surface area contributed by atoms with Gasteiger partial charge in [0.05, 0.1) is 23.1 Å². The Morgan fingerprint density at radius 2 is 2.00 bits per heavy atom. The van der Waals surface area contributed by atoms with Crippen LogP contribution < -0.4 is 4.74 Å². The molecule has 2 aromatic carbocycles. The molecule has 0 radical (unpaired) electrons. The number of nitrogens with zero attached hydrogens (tertiary/aromatic N) is 4. The van der Waals surface area contributed by atoms with E-state index in [1.165, 1.54) is 18.9 Å². The van der Waals surface area contributed by atoms with E-state index in [0.29, 0.717) is 17.5 Å². The lowest BCUT2D eigenvalue weighted by Gasteiger charge is -2.24. The van der Waals surface area contributed by atoms with Crippen LogP contribution in [0.15, 0.2) is 36.4 Å². The predicted molar refractivity (Wildman–Crippen MR) is 128 cm³/mol. The Balaban J connectivity index is 1.41. The Bertz CT molecular complexity index is 1370. The Labute approximate surface area is 202 Å². The van der Waals surface area contributed by atoms with E-state index in [1.807, 2.05) is 18.2 Å². The van der Waals surface area contributed by atoms with Gasteiger partial charge in [-0.1, -0.05) is 17.9 Å². The lowest BCUT2D eigenvalue weighted by Crippen LogP contribution is -2.30. The summed E-state index contributed by atoms with van der Waals surface area (Å²) in [6.07, 6.45) is 3.92. The molecule has 1 amide bonds. The predicted octanol–water partition coefficient (Wildman–Crippen LogP) is 4.59. The van der Waals surface area contributed by atoms with Crippen LogP contribution in [0.1, 0.15) is 65.1 Å². The van der Waals surface area contributed by atoms with Gasteiger partial charge in [-0.05, 0) is 56.3 Å². The number of carbonyl (C=O) groups excluding carboxylic acids is 1. The molecule has 1 saturated heterocycles. The molecule has 1 fully saturated rings. The summed E-state index contributed by atoms with van der Waals surface area (Å²) in [4.78, 5) is 22.2. The van der Waals surface area contributed by atoms with Crippen molar-refractivity contribution in [3.05, 3.63) is 58.9 Å². The van der Waals surface area contributed by atoms with Crippen molar-refractivity contribution in [2.24, 2.45) is 0 Å². The zero-order valence-electron chi connectivity index (χ0n) is 19.5. The molecular formula is C27H26F2N4O2. The van der Waals surface area contributed by atoms with Crippen molar-refractivity contribution in [3.63, 3.8) is 0 Å². The first-order valence-corrected chi connectivity index (χ1v) is 12.1. The number of amides is 1. The van der Waals surface area contributed by atoms with Gasteiger partial charge in [0.15, 0.2) is 0 Å². The molecule has 3 aromatic rings. The fourth-order valence-electron chi connectivity index (χ4n) is 5.74. The normalized spacial score (nSPS) is 21.1. The molecule has 6 rings (SSSR count). The van der Waals surface area contributed by atoms with Crippen molar-refractivity contribution in [1.82, 2.24) is 19.4 Å². The average molecular weight is 477 g/mol. The molecule has 4 heterocycles. The summed E-state index contributed by atoms with van der Waals surface area (Å²) in [7, 11) is 1.74. The number of alkyl halides is 2. The molecule has 180 valence electrons. The first-order valence-electron chi connectivity index (χ1n) is 12.1. The first kappa shape index (κ1) is 22.1. The zero-order chi connectivity index (χ0) is 24.1. The summed E-state index contributed by atoms with van der Waals surface area (Å²) in [5, 5.41) is 0. The Kier molecular flexibility index (Phi) is 5.45. The van der Waals surface area contributed by atoms with Crippen LogP contribution >= 0.6 is 0 Å². The molecule has 0 saturated carbocycles. The number of hydrogen-bond acceptors (Lipinski definition) is 4. The number of imidazole rings is 1. The minimum absolute atomic E-state index is 0.0393. The van der Waals surface area contributed by atoms with Crippen molar-refractivity contribution in [1.29, 1.82) is 0 Å². The summed E-state index contributed by atoms with van der Waals surface area (Å²) < 4.78 is 33.4. The van der Waals surface area contributed by atoms with Gasteiger partial charge in [0.25, 0.3) is 5.91 Å². The van der Waals surface area contributed by atoms with Crippen molar-refractivity contribution < 1.29 is 18.3 Å². The van der Waals surface area contributed by atoms with Crippen LogP contribution in [0.2, 0.25) is 0 Å². The fourth-order valence-corrected chi connectivity index (χ4v) is 5.74. The second-order valence-corrected chi connectivity index (χ2v) is 9.42. The standard InChI is InChI=1S/C27H26F2N4O2/c1-31-22-16-21(24-18(26(31)34)8-6-9-23(24)35-27(28)29)33-20-15-17(10-11-19(20)30-25(22)33)7-2-3-12-32-13-4-5-14-32/h6,8-11,15,21-22,27H,3-5,12-14,16H2,1H3/t21?,22-/m1/s1. The molecule has 2 atom stereocenters. The topological polar surface area (TPSA) is 50.6 Å². The lowest BCUT2D eigenvalue weighted by atomic mass is 9.97. The van der Waals surface area contributed by atoms with Gasteiger partial charge >= 0.3 is 6.61 Å². The van der Waals surface area contributed by atoms with E-state index in [1.54, 1.807) is 24.1 Å². The number of carbonyl (C=O) groups is 1. The summed E-state index contributed by atoms with van der Waals surface area (Å²) in [5.41, 5.74) is 3.46. The third-order valence-corrected chi connectivity index (χ3v) is 7.39. The highest BCUT2D eigenvalue weighted by atomic mass is 19.3. The van der Waals surface area contributed by atoms with E-state index in [-0.39, 0.29) is 23.7 Å². The lowest BCUT2D eigenvalue weighted by molar-refractivity contribution is -0.0507. The number of rotatable bonds is 4. The van der Waals surface area contributed by atoms with E-state index < -0.39 is 6.61 Å². The molecule has 35 heavy (non-hydrogen) atoms. The molecular weight excluding hydrogens is 450 g/mol. The van der Waals surface area contributed by atoms with Gasteiger partial charge < -0.3 is 19.1 Å². The number of ether oxygens (including phenoxy) is 1. The fraction of sp³-hybridized carbons (Fsp3) is 0.407. The van der Waals surface area contributed by atoms with Gasteiger partial charge in [0.2, 0.25) is 0 Å². The van der Waals surface area contributed by atoms with Crippen molar-refractivity contribution in [2.45, 2.75) is 44.4 Å². The van der Waals surface area contributed by atoms with Gasteiger partial charge in [-0.25, -0.2) is 4.98 Å². The van der Waals surface area contributed by atoms with E-state index in [4.69, 9.17) is 9.72 Å². The largest absolute Gasteiger partial charge is 0.434 e. The molecule has 3 aliphatic rings. The van der Waals surface area contributed by atoms with Crippen LogP contribution in [-0.4, -0.2) is 58.6 Å². The molecule has 1 aromatic heterocycles. The average Bonchev–Trinajstić information content (AvgIpc) is 3.55. The number of likely N-dealkylation sites (tertiary alicyclic amines) is 1. The van der Waals surface area contributed by atoms with E-state index in [2.05, 4.69) is 21.3 Å². The summed E-state index contributed by atoms with van der Waals surface area (Å²) >= 11 is 0. The maximum Gasteiger partial charge on any atom is 0.387 e. The molecule has 0 spiro atoms. The molecule has 3 aliphatic heterocycles. The van der Waals surface area contributed by atoms with Crippen LogP contribution in [0.3, 0.4) is 0 Å². The SMILES string of the molecule is CN1C(=O)c2cccc(OC(F)F)c2C2C[C@@H]1c1nc3ccc(C#CCCN4CCCC4)cc3n12. The highest BCUT2D eigenvalue weighted by Gasteiger charge is 2.45. The minimum atomic E-state index is -2.98. The van der Waals surface area contributed by atoms with Crippen LogP contribution in [0.5, 0.6) is 5.75 Å². The number of aromatic nitrogens is 2. The van der Waals surface area contributed by atoms with Gasteiger partial charge in [0.1, 0.15) is 11.6 Å². The van der Waals surface area contributed by atoms with E-state index in [9.17, 15) is 13.6 Å². The van der Waals surface area contributed by atoms with Gasteiger partial charge in [-0.15, -0.1) is 0 Å². The summed E-state index contributed by atoms with van der Waals surface area (Å²) in [5.74, 6) is 7.16. The molecule has 1 unspecified atom stereocenters. The molecule has 0 aliphatic carbocycles. The van der Waals surface area contributed by atoms with Crippen molar-refractivity contribution in [2.75, 3.05) is 26.7 Å². The molecule has 2 bridgehead atoms. The van der Waals surface area contributed by atoms with Gasteiger partial charge in [-0.3, -0.25) is 4.79 Å². The smallest absolute Gasteiger partial charge is 0.387 e. The van der Waals surface area contributed by atoms with E-state index >= 15 is 0 Å². The third kappa shape index (κ3) is 3.75. The number of halogens is 2. The Morgan fingerprint density at radius 1 is 1.17 bits per heavy atom. The molecule has 0 N–H and O–H groups in total. The van der Waals surface area contributed by atoms with Crippen LogP contribution in [0.4, 0.5) is 8.78 Å². The first-order chi connectivity index (χ1) is 17.0. The molecule has 6 nitrogen and oxygen atoms in total. The Morgan fingerprint density at radius 3 is 2.80 bits per heavy atom. The monoisotopic (exact) mass is 476 g/mol. The van der Waals surface area contributed by atoms with Crippen LogP contribution in [0.25, 0.3) is 11.0 Å². The van der Waals surface area contributed by atoms with E-state index in [0.717, 1.165) is 48.5 Å². The number of hydrogen-bond donors (Lipinski definition) is 0. The van der Waals surface area contributed by atoms with Crippen LogP contribution in [0, 0.1) is 11.8 Å². The quantitative estimate of drug-likeness (QED) is 0.517. The maximum absolute atomic E-state index is 13.2. The molecule has 8 heteroatoms.